The summed E-state index contributed by atoms with van der Waals surface area (Å²) in [6.45, 7) is 19.1. The van der Waals surface area contributed by atoms with Gasteiger partial charge in [-0.15, -0.1) is 47.5 Å². The summed E-state index contributed by atoms with van der Waals surface area (Å²) in [5.74, 6) is 2.78. The van der Waals surface area contributed by atoms with E-state index in [9.17, 15) is 0 Å². The molecule has 328 valence electrons. The maximum absolute atomic E-state index is 6.70. The van der Waals surface area contributed by atoms with Gasteiger partial charge in [-0.25, -0.2) is 0 Å². The predicted octanol–water partition coefficient (Wildman–Crippen LogP) is 15.3. The van der Waals surface area contributed by atoms with E-state index >= 15 is 0 Å². The van der Waals surface area contributed by atoms with Crippen molar-refractivity contribution in [1.82, 2.24) is 19.1 Å². The van der Waals surface area contributed by atoms with E-state index in [4.69, 9.17) is 14.7 Å². The molecule has 0 aliphatic heterocycles. The van der Waals surface area contributed by atoms with E-state index in [1.807, 2.05) is 24.3 Å². The van der Waals surface area contributed by atoms with Gasteiger partial charge in [0.25, 0.3) is 0 Å². The van der Waals surface area contributed by atoms with E-state index in [0.29, 0.717) is 11.5 Å². The molecule has 2 aliphatic rings. The molecule has 8 aromatic carbocycles. The van der Waals surface area contributed by atoms with E-state index < -0.39 is 0 Å². The van der Waals surface area contributed by atoms with Gasteiger partial charge in [-0.1, -0.05) is 140 Å². The van der Waals surface area contributed by atoms with Gasteiger partial charge in [0, 0.05) is 33.6 Å². The molecule has 10 aromatic rings. The second-order valence-electron chi connectivity index (χ2n) is 21.1. The minimum Gasteiger partial charge on any atom is -0.497 e. The number of hydrogen-bond acceptors (Lipinski definition) is 3. The second-order valence-corrected chi connectivity index (χ2v) is 21.1. The van der Waals surface area contributed by atoms with Gasteiger partial charge in [0.05, 0.1) is 33.7 Å². The molecule has 0 unspecified atom stereocenters. The molecule has 0 N–H and O–H groups in total. The Morgan fingerprint density at radius 3 is 1.23 bits per heavy atom. The average molecular weight is 1040 g/mol. The van der Waals surface area contributed by atoms with Crippen LogP contribution in [0.5, 0.6) is 11.5 Å². The number of benzene rings is 8. The first-order chi connectivity index (χ1) is 31.2. The van der Waals surface area contributed by atoms with E-state index in [1.165, 1.54) is 43.8 Å². The van der Waals surface area contributed by atoms with Gasteiger partial charge in [0.2, 0.25) is 0 Å². The van der Waals surface area contributed by atoms with Crippen LogP contribution in [0.25, 0.3) is 77.8 Å². The first-order valence-electron chi connectivity index (χ1n) is 23.0. The smallest absolute Gasteiger partial charge is 0.497 e. The molecule has 0 fully saturated rings. The van der Waals surface area contributed by atoms with Crippen molar-refractivity contribution >= 4 is 43.6 Å². The molecule has 0 amide bonds. The summed E-state index contributed by atoms with van der Waals surface area (Å²) in [5, 5.41) is 5.18. The third kappa shape index (κ3) is 6.44. The Morgan fingerprint density at radius 2 is 0.803 bits per heavy atom. The quantitative estimate of drug-likeness (QED) is 0.156. The van der Waals surface area contributed by atoms with Crippen molar-refractivity contribution < 1.29 is 25.8 Å². The van der Waals surface area contributed by atoms with Crippen molar-refractivity contribution in [1.29, 1.82) is 0 Å². The van der Waals surface area contributed by atoms with Gasteiger partial charge in [-0.3, -0.25) is 9.97 Å². The van der Waals surface area contributed by atoms with Crippen molar-refractivity contribution in [2.75, 3.05) is 0 Å². The minimum atomic E-state index is 0. The first-order valence-corrected chi connectivity index (χ1v) is 23.0. The van der Waals surface area contributed by atoms with Crippen LogP contribution in [0.15, 0.2) is 146 Å². The van der Waals surface area contributed by atoms with Gasteiger partial charge in [0.1, 0.15) is 0 Å². The Balaban J connectivity index is 0.00000481. The number of imidazole rings is 2. The molecular formula is C60H52N4OPt. The van der Waals surface area contributed by atoms with Gasteiger partial charge >= 0.3 is 21.1 Å². The molecule has 2 aromatic heterocycles. The number of hydrogen-bond donors (Lipinski definition) is 0. The molecule has 66 heavy (non-hydrogen) atoms. The largest absolute Gasteiger partial charge is 2.00 e. The number of aromatic nitrogens is 4. The number of ether oxygens (including phenoxy) is 1. The van der Waals surface area contributed by atoms with E-state index in [-0.39, 0.29) is 42.7 Å². The zero-order valence-electron chi connectivity index (χ0n) is 38.8. The van der Waals surface area contributed by atoms with Crippen LogP contribution < -0.4 is 4.74 Å². The van der Waals surface area contributed by atoms with E-state index in [1.54, 1.807) is 0 Å². The van der Waals surface area contributed by atoms with Crippen LogP contribution in [0.1, 0.15) is 90.5 Å². The van der Waals surface area contributed by atoms with Crippen LogP contribution in [0.3, 0.4) is 0 Å². The molecule has 5 nitrogen and oxygen atoms in total. The van der Waals surface area contributed by atoms with Crippen LogP contribution in [-0.4, -0.2) is 19.1 Å². The second kappa shape index (κ2) is 14.9. The molecule has 2 aliphatic carbocycles. The van der Waals surface area contributed by atoms with Gasteiger partial charge in [-0.05, 0) is 104 Å². The summed E-state index contributed by atoms with van der Waals surface area (Å²) >= 11 is 0. The molecular weight excluding hydrogens is 988 g/mol. The summed E-state index contributed by atoms with van der Waals surface area (Å²) in [7, 11) is 0. The topological polar surface area (TPSA) is 44.9 Å². The summed E-state index contributed by atoms with van der Waals surface area (Å²) in [5.41, 5.74) is 13.6. The Labute approximate surface area is 401 Å². The fourth-order valence-corrected chi connectivity index (χ4v) is 12.3. The molecule has 6 heteroatoms. The maximum atomic E-state index is 6.70. The molecule has 12 rings (SSSR count). The standard InChI is InChI=1S/C60H52N4O.Pt/c1-57(2)35-59(5,6)45-29-31-49(41-21-15-23-43(57)53(41)45)63-51-27-11-9-25-47(51)61-55(63)37-17-13-19-39(33-37)65-40-20-14-18-38(34-40)56-62-48-26-10-12-28-52(48)64(56)50-32-30-46-54-42(50)22-16-24-44(54)58(3,4)36-60(46,7)8;/h9-32H,35-36H2,1-8H3;/q-2;+2. The Kier molecular flexibility index (Phi) is 9.53. The van der Waals surface area contributed by atoms with Crippen molar-refractivity contribution in [2.45, 2.75) is 89.9 Å². The first kappa shape index (κ1) is 42.4. The van der Waals surface area contributed by atoms with Crippen LogP contribution >= 0.6 is 0 Å². The molecule has 0 saturated heterocycles. The zero-order valence-corrected chi connectivity index (χ0v) is 41.1. The van der Waals surface area contributed by atoms with Crippen molar-refractivity contribution in [3.05, 3.63) is 180 Å². The van der Waals surface area contributed by atoms with Crippen LogP contribution in [-0.2, 0) is 42.7 Å². The molecule has 2 heterocycles. The summed E-state index contributed by atoms with van der Waals surface area (Å²) < 4.78 is 11.3. The maximum Gasteiger partial charge on any atom is 2.00 e. The molecule has 0 saturated carbocycles. The third-order valence-corrected chi connectivity index (χ3v) is 14.6. The van der Waals surface area contributed by atoms with Gasteiger partial charge < -0.3 is 13.9 Å². The molecule has 0 radical (unpaired) electrons. The van der Waals surface area contributed by atoms with Crippen LogP contribution in [0, 0.1) is 12.1 Å². The minimum absolute atomic E-state index is 0. The fraction of sp³-hybridized carbons (Fsp3) is 0.233. The van der Waals surface area contributed by atoms with Gasteiger partial charge in [-0.2, -0.15) is 0 Å². The molecule has 0 bridgehead atoms. The summed E-state index contributed by atoms with van der Waals surface area (Å²) in [4.78, 5) is 10.6. The van der Waals surface area contributed by atoms with E-state index in [0.717, 1.165) is 69.1 Å². The van der Waals surface area contributed by atoms with Crippen molar-refractivity contribution in [3.8, 4) is 45.6 Å². The monoisotopic (exact) mass is 1040 g/mol. The van der Waals surface area contributed by atoms with Crippen LogP contribution in [0.2, 0.25) is 0 Å². The SMILES string of the molecule is CC1(C)CC(C)(C)c2ccc(-n3c(-c4[c-]c(Oc5[c-]c(-c6nc7ccccc7n6-c6ccc7c8c(cccc68)C(C)(C)CC7(C)C)ccc5)ccc4)nc4ccccc43)c3cccc1c23.[Pt+2]. The van der Waals surface area contributed by atoms with Crippen molar-refractivity contribution in [2.24, 2.45) is 0 Å². The number of nitrogens with zero attached hydrogens (tertiary/aromatic N) is 4. The predicted molar refractivity (Wildman–Crippen MR) is 267 cm³/mol. The summed E-state index contributed by atoms with van der Waals surface area (Å²) in [6.07, 6.45) is 2.19. The fourth-order valence-electron chi connectivity index (χ4n) is 12.3. The number of fused-ring (bicyclic) bond motifs is 2. The Hall–Kier alpha value is -6.29. The number of para-hydroxylation sites is 4. The zero-order chi connectivity index (χ0) is 44.6. The van der Waals surface area contributed by atoms with E-state index in [2.05, 4.69) is 198 Å². The van der Waals surface area contributed by atoms with Crippen LogP contribution in [0.4, 0.5) is 0 Å². The Morgan fingerprint density at radius 1 is 0.424 bits per heavy atom. The van der Waals surface area contributed by atoms with Crippen molar-refractivity contribution in [3.63, 3.8) is 0 Å². The molecule has 0 spiro atoms. The normalized spacial score (nSPS) is 16.4. The average Bonchev–Trinajstić information content (AvgIpc) is 3.86. The Bertz CT molecular complexity index is 3330. The molecule has 0 atom stereocenters. The van der Waals surface area contributed by atoms with Gasteiger partial charge in [0.15, 0.2) is 0 Å². The summed E-state index contributed by atoms with van der Waals surface area (Å²) in [6, 6.07) is 59.1. The third-order valence-electron chi connectivity index (χ3n) is 14.6. The number of rotatable bonds is 6.